The SMILES string of the molecule is CC1=NC2=C(C(=O)CC(C)(C)C2)[C@@H](c2ccc([O-])c([N+](=O)[O-])c2)C1C(=O)OC1CCCC1. The second-order valence-corrected chi connectivity index (χ2v) is 9.84. The molecule has 0 bridgehead atoms. The standard InChI is InChI=1S/C24H28N2O6/c1-13-20(23(29)32-15-6-4-5-7-15)21(14-8-9-18(27)17(10-14)26(30)31)22-16(25-13)11-24(2,3)12-19(22)28/h8-10,15,20-21,27H,4-7,11-12H2,1-3H3/p-1/t20?,21-/m0/s1. The zero-order valence-electron chi connectivity index (χ0n) is 18.6. The second-order valence-electron chi connectivity index (χ2n) is 9.84. The van der Waals surface area contributed by atoms with Gasteiger partial charge in [-0.1, -0.05) is 26.0 Å². The predicted octanol–water partition coefficient (Wildman–Crippen LogP) is 3.97. The van der Waals surface area contributed by atoms with E-state index in [1.54, 1.807) is 6.92 Å². The van der Waals surface area contributed by atoms with Crippen molar-refractivity contribution in [2.45, 2.75) is 71.3 Å². The van der Waals surface area contributed by atoms with Crippen molar-refractivity contribution in [2.24, 2.45) is 16.3 Å². The maximum absolute atomic E-state index is 13.3. The number of carbonyl (C=O) groups is 2. The topological polar surface area (TPSA) is 122 Å². The van der Waals surface area contributed by atoms with Crippen LogP contribution in [0.1, 0.15) is 70.8 Å². The summed E-state index contributed by atoms with van der Waals surface area (Å²) in [6.07, 6.45) is 4.30. The van der Waals surface area contributed by atoms with Crippen molar-refractivity contribution in [2.75, 3.05) is 0 Å². The van der Waals surface area contributed by atoms with Crippen molar-refractivity contribution < 1.29 is 24.4 Å². The van der Waals surface area contributed by atoms with Gasteiger partial charge < -0.3 is 9.84 Å². The fourth-order valence-electron chi connectivity index (χ4n) is 5.22. The molecule has 1 fully saturated rings. The molecule has 1 unspecified atom stereocenters. The second kappa shape index (κ2) is 8.15. The third kappa shape index (κ3) is 4.06. The number of nitro benzene ring substituents is 1. The first-order valence-corrected chi connectivity index (χ1v) is 11.0. The number of nitrogens with zero attached hydrogens (tertiary/aromatic N) is 2. The van der Waals surface area contributed by atoms with Gasteiger partial charge in [0, 0.05) is 35.4 Å². The first-order chi connectivity index (χ1) is 15.1. The van der Waals surface area contributed by atoms with Gasteiger partial charge in [-0.05, 0) is 55.8 Å². The van der Waals surface area contributed by atoms with Crippen molar-refractivity contribution in [3.8, 4) is 5.75 Å². The van der Waals surface area contributed by atoms with Crippen LogP contribution in [-0.2, 0) is 14.3 Å². The minimum Gasteiger partial charge on any atom is -0.868 e. The third-order valence-electron chi connectivity index (χ3n) is 6.68. The first-order valence-electron chi connectivity index (χ1n) is 11.0. The number of Topliss-reactive ketones (excluding diaryl/α,β-unsaturated/α-hetero) is 1. The zero-order valence-corrected chi connectivity index (χ0v) is 18.6. The Morgan fingerprint density at radius 3 is 2.56 bits per heavy atom. The van der Waals surface area contributed by atoms with Crippen LogP contribution < -0.4 is 5.11 Å². The van der Waals surface area contributed by atoms with Crippen molar-refractivity contribution in [3.05, 3.63) is 45.1 Å². The van der Waals surface area contributed by atoms with Crippen LogP contribution in [0.4, 0.5) is 5.69 Å². The van der Waals surface area contributed by atoms with Gasteiger partial charge in [0.15, 0.2) is 5.78 Å². The number of rotatable bonds is 4. The van der Waals surface area contributed by atoms with E-state index in [1.165, 1.54) is 12.1 Å². The van der Waals surface area contributed by atoms with Gasteiger partial charge in [-0.3, -0.25) is 24.7 Å². The molecule has 0 N–H and O–H groups in total. The Morgan fingerprint density at radius 1 is 1.22 bits per heavy atom. The van der Waals surface area contributed by atoms with E-state index in [1.807, 2.05) is 13.8 Å². The fourth-order valence-corrected chi connectivity index (χ4v) is 5.22. The highest BCUT2D eigenvalue weighted by Crippen LogP contribution is 2.48. The number of ketones is 1. The molecule has 2 aliphatic carbocycles. The molecular formula is C24H27N2O6-. The number of hydrogen-bond acceptors (Lipinski definition) is 7. The Bertz CT molecular complexity index is 1050. The van der Waals surface area contributed by atoms with Gasteiger partial charge in [0.25, 0.3) is 5.69 Å². The Hall–Kier alpha value is -3.03. The van der Waals surface area contributed by atoms with E-state index in [9.17, 15) is 24.8 Å². The van der Waals surface area contributed by atoms with E-state index in [0.717, 1.165) is 31.7 Å². The van der Waals surface area contributed by atoms with E-state index < -0.39 is 34.2 Å². The lowest BCUT2D eigenvalue weighted by Gasteiger charge is -2.39. The number of hydrogen-bond donors (Lipinski definition) is 0. The molecule has 2 atom stereocenters. The molecule has 4 rings (SSSR count). The van der Waals surface area contributed by atoms with Crippen LogP contribution >= 0.6 is 0 Å². The van der Waals surface area contributed by atoms with Gasteiger partial charge in [-0.2, -0.15) is 0 Å². The molecule has 170 valence electrons. The summed E-state index contributed by atoms with van der Waals surface area (Å²) in [5.74, 6) is -2.93. The van der Waals surface area contributed by atoms with Crippen LogP contribution in [-0.4, -0.2) is 28.5 Å². The third-order valence-corrected chi connectivity index (χ3v) is 6.68. The zero-order chi connectivity index (χ0) is 23.2. The van der Waals surface area contributed by atoms with Crippen LogP contribution in [0.5, 0.6) is 5.75 Å². The van der Waals surface area contributed by atoms with Crippen molar-refractivity contribution in [1.29, 1.82) is 0 Å². The van der Waals surface area contributed by atoms with Gasteiger partial charge in [0.05, 0.1) is 4.92 Å². The molecule has 0 amide bonds. The Balaban J connectivity index is 1.83. The van der Waals surface area contributed by atoms with E-state index in [4.69, 9.17) is 4.74 Å². The molecule has 1 aliphatic heterocycles. The summed E-state index contributed by atoms with van der Waals surface area (Å²) in [4.78, 5) is 41.9. The van der Waals surface area contributed by atoms with Crippen LogP contribution in [0, 0.1) is 21.4 Å². The molecule has 1 heterocycles. The molecule has 0 radical (unpaired) electrons. The normalized spacial score (nSPS) is 25.3. The smallest absolute Gasteiger partial charge is 0.315 e. The number of carbonyl (C=O) groups excluding carboxylic acids is 2. The summed E-state index contributed by atoms with van der Waals surface area (Å²) < 4.78 is 5.78. The lowest BCUT2D eigenvalue weighted by molar-refractivity contribution is -0.398. The Kier molecular flexibility index (Phi) is 5.65. The highest BCUT2D eigenvalue weighted by atomic mass is 16.6. The summed E-state index contributed by atoms with van der Waals surface area (Å²) in [6, 6.07) is 3.80. The molecule has 1 aromatic rings. The van der Waals surface area contributed by atoms with Gasteiger partial charge in [0.1, 0.15) is 12.0 Å². The maximum Gasteiger partial charge on any atom is 0.315 e. The molecule has 8 heteroatoms. The van der Waals surface area contributed by atoms with Crippen LogP contribution in [0.25, 0.3) is 0 Å². The fraction of sp³-hybridized carbons (Fsp3) is 0.542. The monoisotopic (exact) mass is 439 g/mol. The first kappa shape index (κ1) is 22.2. The Morgan fingerprint density at radius 2 is 1.91 bits per heavy atom. The number of nitro groups is 1. The highest BCUT2D eigenvalue weighted by Gasteiger charge is 2.46. The number of allylic oxidation sites excluding steroid dienone is 2. The van der Waals surface area contributed by atoms with Crippen molar-refractivity contribution in [3.63, 3.8) is 0 Å². The van der Waals surface area contributed by atoms with Gasteiger partial charge in [-0.15, -0.1) is 0 Å². The van der Waals surface area contributed by atoms with Crippen molar-refractivity contribution in [1.82, 2.24) is 0 Å². The molecule has 0 spiro atoms. The quantitative estimate of drug-likeness (QED) is 0.397. The molecule has 0 saturated heterocycles. The number of aliphatic imine (C=N–C) groups is 1. The average molecular weight is 439 g/mol. The largest absolute Gasteiger partial charge is 0.868 e. The van der Waals surface area contributed by atoms with Crippen LogP contribution in [0.15, 0.2) is 34.5 Å². The summed E-state index contributed by atoms with van der Waals surface area (Å²) >= 11 is 0. The van der Waals surface area contributed by atoms with E-state index in [2.05, 4.69) is 4.99 Å². The summed E-state index contributed by atoms with van der Waals surface area (Å²) in [6.45, 7) is 5.72. The lowest BCUT2D eigenvalue weighted by Crippen LogP contribution is -2.40. The Labute approximate surface area is 186 Å². The van der Waals surface area contributed by atoms with Crippen LogP contribution in [0.2, 0.25) is 0 Å². The molecule has 8 nitrogen and oxygen atoms in total. The van der Waals surface area contributed by atoms with E-state index in [0.29, 0.717) is 35.4 Å². The summed E-state index contributed by atoms with van der Waals surface area (Å²) in [5.41, 5.74) is 1.10. The predicted molar refractivity (Wildman–Crippen MR) is 115 cm³/mol. The summed E-state index contributed by atoms with van der Waals surface area (Å²) in [7, 11) is 0. The number of esters is 1. The molecule has 0 aromatic heterocycles. The number of ether oxygens (including phenoxy) is 1. The molecule has 3 aliphatic rings. The average Bonchev–Trinajstić information content (AvgIpc) is 3.19. The minimum atomic E-state index is -0.864. The van der Waals surface area contributed by atoms with Gasteiger partial charge in [0.2, 0.25) is 0 Å². The van der Waals surface area contributed by atoms with Gasteiger partial charge >= 0.3 is 5.97 Å². The van der Waals surface area contributed by atoms with Crippen LogP contribution in [0.3, 0.4) is 0 Å². The summed E-state index contributed by atoms with van der Waals surface area (Å²) in [5, 5.41) is 23.4. The van der Waals surface area contributed by atoms with Gasteiger partial charge in [-0.25, -0.2) is 0 Å². The lowest BCUT2D eigenvalue weighted by atomic mass is 9.67. The maximum atomic E-state index is 13.3. The highest BCUT2D eigenvalue weighted by molar-refractivity contribution is 6.09. The molecule has 32 heavy (non-hydrogen) atoms. The van der Waals surface area contributed by atoms with E-state index >= 15 is 0 Å². The molecular weight excluding hydrogens is 412 g/mol. The van der Waals surface area contributed by atoms with Crippen molar-refractivity contribution >= 4 is 23.2 Å². The number of benzene rings is 1. The van der Waals surface area contributed by atoms with E-state index in [-0.39, 0.29) is 17.3 Å². The molecule has 1 aromatic carbocycles. The molecule has 1 saturated carbocycles. The minimum absolute atomic E-state index is 0.120.